The largest absolute Gasteiger partial charge is 0.478 e. The first-order chi connectivity index (χ1) is 9.15. The minimum Gasteiger partial charge on any atom is -0.478 e. The summed E-state index contributed by atoms with van der Waals surface area (Å²) in [5, 5.41) is 13.9. The maximum atomic E-state index is 11.7. The molecular weight excluding hydrogens is 246 g/mol. The molecule has 0 aliphatic rings. The molecule has 0 aliphatic carbocycles. The van der Waals surface area contributed by atoms with Gasteiger partial charge < -0.3 is 10.4 Å². The van der Waals surface area contributed by atoms with Gasteiger partial charge in [-0.3, -0.25) is 5.32 Å². The number of carbonyl (C=O) groups excluding carboxylic acids is 1. The minimum atomic E-state index is -1.08. The van der Waals surface area contributed by atoms with Gasteiger partial charge in [-0.1, -0.05) is 18.2 Å². The number of urea groups is 1. The van der Waals surface area contributed by atoms with Crippen LogP contribution in [0.5, 0.6) is 0 Å². The van der Waals surface area contributed by atoms with Gasteiger partial charge in [-0.25, -0.2) is 14.6 Å². The van der Waals surface area contributed by atoms with E-state index in [-0.39, 0.29) is 11.4 Å². The molecule has 6 heteroatoms. The quantitative estimate of drug-likeness (QED) is 0.787. The number of pyridine rings is 1. The number of carboxylic acid groups (broad SMARTS) is 1. The molecule has 0 atom stereocenters. The molecule has 0 saturated carbocycles. The summed E-state index contributed by atoms with van der Waals surface area (Å²) >= 11 is 0. The SMILES string of the molecule is O=C(Nc1ccccc1)Nc1cc(C(=O)O)ccn1. The van der Waals surface area contributed by atoms with Crippen LogP contribution in [-0.4, -0.2) is 22.1 Å². The molecule has 0 spiro atoms. The molecule has 0 unspecified atom stereocenters. The third kappa shape index (κ3) is 3.53. The van der Waals surface area contributed by atoms with Crippen molar-refractivity contribution in [2.75, 3.05) is 10.6 Å². The van der Waals surface area contributed by atoms with E-state index in [2.05, 4.69) is 15.6 Å². The average molecular weight is 257 g/mol. The molecule has 96 valence electrons. The average Bonchev–Trinajstić information content (AvgIpc) is 2.40. The number of benzene rings is 1. The zero-order chi connectivity index (χ0) is 13.7. The molecule has 1 aromatic carbocycles. The summed E-state index contributed by atoms with van der Waals surface area (Å²) in [4.78, 5) is 26.3. The summed E-state index contributed by atoms with van der Waals surface area (Å²) in [6, 6.07) is 11.0. The molecule has 0 bridgehead atoms. The number of nitrogens with zero attached hydrogens (tertiary/aromatic N) is 1. The molecule has 1 heterocycles. The van der Waals surface area contributed by atoms with Crippen LogP contribution in [0.3, 0.4) is 0 Å². The lowest BCUT2D eigenvalue weighted by molar-refractivity contribution is 0.0696. The van der Waals surface area contributed by atoms with Crippen molar-refractivity contribution in [2.45, 2.75) is 0 Å². The number of aromatic carboxylic acids is 1. The van der Waals surface area contributed by atoms with Crippen LogP contribution in [0.2, 0.25) is 0 Å². The summed E-state index contributed by atoms with van der Waals surface area (Å²) < 4.78 is 0. The van der Waals surface area contributed by atoms with Gasteiger partial charge in [0, 0.05) is 11.9 Å². The molecule has 2 rings (SSSR count). The fraction of sp³-hybridized carbons (Fsp3) is 0. The smallest absolute Gasteiger partial charge is 0.335 e. The van der Waals surface area contributed by atoms with Crippen molar-refractivity contribution >= 4 is 23.5 Å². The Morgan fingerprint density at radius 2 is 1.79 bits per heavy atom. The van der Waals surface area contributed by atoms with E-state index in [0.717, 1.165) is 0 Å². The standard InChI is InChI=1S/C13H11N3O3/c17-12(18)9-6-7-14-11(8-9)16-13(19)15-10-4-2-1-3-5-10/h1-8H,(H,17,18)(H2,14,15,16,19). The number of amides is 2. The van der Waals surface area contributed by atoms with Gasteiger partial charge in [0.05, 0.1) is 5.56 Å². The molecule has 1 aromatic heterocycles. The van der Waals surface area contributed by atoms with E-state index in [1.54, 1.807) is 24.3 Å². The summed E-state index contributed by atoms with van der Waals surface area (Å²) in [7, 11) is 0. The van der Waals surface area contributed by atoms with Crippen LogP contribution in [0, 0.1) is 0 Å². The zero-order valence-electron chi connectivity index (χ0n) is 9.83. The maximum Gasteiger partial charge on any atom is 0.335 e. The first-order valence-corrected chi connectivity index (χ1v) is 5.47. The van der Waals surface area contributed by atoms with Gasteiger partial charge in [-0.2, -0.15) is 0 Å². The van der Waals surface area contributed by atoms with Crippen molar-refractivity contribution in [3.8, 4) is 0 Å². The Labute approximate surface area is 109 Å². The predicted octanol–water partition coefficient (Wildman–Crippen LogP) is 2.42. The number of rotatable bonds is 3. The second-order valence-corrected chi connectivity index (χ2v) is 3.68. The van der Waals surface area contributed by atoms with Crippen LogP contribution in [0.15, 0.2) is 48.7 Å². The molecule has 0 radical (unpaired) electrons. The molecule has 0 fully saturated rings. The van der Waals surface area contributed by atoms with Gasteiger partial charge in [0.15, 0.2) is 0 Å². The first kappa shape index (κ1) is 12.6. The summed E-state index contributed by atoms with van der Waals surface area (Å²) in [6.07, 6.45) is 1.32. The normalized spacial score (nSPS) is 9.68. The van der Waals surface area contributed by atoms with Crippen molar-refractivity contribution in [1.82, 2.24) is 4.98 Å². The van der Waals surface area contributed by atoms with E-state index in [9.17, 15) is 9.59 Å². The van der Waals surface area contributed by atoms with Crippen molar-refractivity contribution in [2.24, 2.45) is 0 Å². The summed E-state index contributed by atoms with van der Waals surface area (Å²) in [6.45, 7) is 0. The van der Waals surface area contributed by atoms with Gasteiger partial charge in [-0.15, -0.1) is 0 Å². The van der Waals surface area contributed by atoms with Crippen molar-refractivity contribution in [1.29, 1.82) is 0 Å². The number of anilines is 2. The molecular formula is C13H11N3O3. The Morgan fingerprint density at radius 1 is 1.05 bits per heavy atom. The molecule has 2 aromatic rings. The zero-order valence-corrected chi connectivity index (χ0v) is 9.83. The number of carboxylic acids is 1. The number of nitrogens with one attached hydrogen (secondary N) is 2. The third-order valence-electron chi connectivity index (χ3n) is 2.28. The Bertz CT molecular complexity index is 599. The van der Waals surface area contributed by atoms with E-state index in [1.165, 1.54) is 18.3 Å². The predicted molar refractivity (Wildman–Crippen MR) is 70.3 cm³/mol. The molecule has 0 aliphatic heterocycles. The van der Waals surface area contributed by atoms with Crippen molar-refractivity contribution in [3.05, 3.63) is 54.2 Å². The summed E-state index contributed by atoms with van der Waals surface area (Å²) in [5.41, 5.74) is 0.694. The Kier molecular flexibility index (Phi) is 3.72. The van der Waals surface area contributed by atoms with Gasteiger partial charge in [0.25, 0.3) is 0 Å². The number of aromatic nitrogens is 1. The molecule has 19 heavy (non-hydrogen) atoms. The molecule has 0 saturated heterocycles. The minimum absolute atomic E-state index is 0.0602. The van der Waals surface area contributed by atoms with Gasteiger partial charge in [-0.05, 0) is 24.3 Å². The van der Waals surface area contributed by atoms with Gasteiger partial charge in [0.1, 0.15) is 5.82 Å². The highest BCUT2D eigenvalue weighted by molar-refractivity contribution is 5.99. The van der Waals surface area contributed by atoms with Crippen LogP contribution in [-0.2, 0) is 0 Å². The van der Waals surface area contributed by atoms with Gasteiger partial charge in [0.2, 0.25) is 0 Å². The number of hydrogen-bond donors (Lipinski definition) is 3. The second kappa shape index (κ2) is 5.63. The van der Waals surface area contributed by atoms with E-state index >= 15 is 0 Å². The van der Waals surface area contributed by atoms with Crippen LogP contribution in [0.4, 0.5) is 16.3 Å². The fourth-order valence-corrected chi connectivity index (χ4v) is 1.43. The Morgan fingerprint density at radius 3 is 2.47 bits per heavy atom. The second-order valence-electron chi connectivity index (χ2n) is 3.68. The number of hydrogen-bond acceptors (Lipinski definition) is 3. The van der Waals surface area contributed by atoms with E-state index in [4.69, 9.17) is 5.11 Å². The Balaban J connectivity index is 2.03. The van der Waals surface area contributed by atoms with Crippen LogP contribution in [0.25, 0.3) is 0 Å². The van der Waals surface area contributed by atoms with E-state index < -0.39 is 12.0 Å². The van der Waals surface area contributed by atoms with Gasteiger partial charge >= 0.3 is 12.0 Å². The monoisotopic (exact) mass is 257 g/mol. The lowest BCUT2D eigenvalue weighted by atomic mass is 10.2. The molecule has 6 nitrogen and oxygen atoms in total. The maximum absolute atomic E-state index is 11.7. The fourth-order valence-electron chi connectivity index (χ4n) is 1.43. The van der Waals surface area contributed by atoms with Crippen LogP contribution >= 0.6 is 0 Å². The van der Waals surface area contributed by atoms with E-state index in [0.29, 0.717) is 5.69 Å². The topological polar surface area (TPSA) is 91.3 Å². The lowest BCUT2D eigenvalue weighted by Gasteiger charge is -2.07. The summed E-state index contributed by atoms with van der Waals surface area (Å²) in [5.74, 6) is -0.901. The highest BCUT2D eigenvalue weighted by Gasteiger charge is 2.07. The number of carbonyl (C=O) groups is 2. The molecule has 3 N–H and O–H groups in total. The van der Waals surface area contributed by atoms with Crippen molar-refractivity contribution < 1.29 is 14.7 Å². The van der Waals surface area contributed by atoms with E-state index in [1.807, 2.05) is 6.07 Å². The first-order valence-electron chi connectivity index (χ1n) is 5.47. The van der Waals surface area contributed by atoms with Crippen LogP contribution in [0.1, 0.15) is 10.4 Å². The van der Waals surface area contributed by atoms with Crippen LogP contribution < -0.4 is 10.6 Å². The highest BCUT2D eigenvalue weighted by atomic mass is 16.4. The van der Waals surface area contributed by atoms with Crippen molar-refractivity contribution in [3.63, 3.8) is 0 Å². The lowest BCUT2D eigenvalue weighted by Crippen LogP contribution is -2.20. The Hall–Kier alpha value is -2.89. The highest BCUT2D eigenvalue weighted by Crippen LogP contribution is 2.09. The molecule has 2 amide bonds. The third-order valence-corrected chi connectivity index (χ3v) is 2.28. The number of para-hydroxylation sites is 1.